The van der Waals surface area contributed by atoms with E-state index in [0.717, 1.165) is 17.0 Å². The monoisotopic (exact) mass is 560 g/mol. The van der Waals surface area contributed by atoms with Gasteiger partial charge < -0.3 is 14.6 Å². The van der Waals surface area contributed by atoms with Gasteiger partial charge in [0.2, 0.25) is 0 Å². The summed E-state index contributed by atoms with van der Waals surface area (Å²) in [6, 6.07) is 17.5. The van der Waals surface area contributed by atoms with E-state index in [0.29, 0.717) is 24.3 Å². The van der Waals surface area contributed by atoms with Gasteiger partial charge in [-0.05, 0) is 85.5 Å². The molecule has 1 aliphatic rings. The minimum atomic E-state index is -0.598. The van der Waals surface area contributed by atoms with Gasteiger partial charge in [0.1, 0.15) is 0 Å². The fourth-order valence-electron chi connectivity index (χ4n) is 5.72. The van der Waals surface area contributed by atoms with E-state index in [1.807, 2.05) is 0 Å². The number of carbonyl (C=O) groups excluding carboxylic acids is 2. The summed E-state index contributed by atoms with van der Waals surface area (Å²) in [5.41, 5.74) is 5.28. The number of ether oxygens (including phenoxy) is 2. The SMILES string of the molecule is C=C(C)C(=O)OCCC(CCOC(=O)C(=C)CO)c1ccc(-c2ccc(C3CCC(CCCCC)CC3)cc2)cc1. The van der Waals surface area contributed by atoms with Crippen LogP contribution in [0.4, 0.5) is 0 Å². The molecular weight excluding hydrogens is 512 g/mol. The third-order valence-electron chi connectivity index (χ3n) is 8.39. The van der Waals surface area contributed by atoms with Crippen molar-refractivity contribution in [1.29, 1.82) is 0 Å². The minimum Gasteiger partial charge on any atom is -0.462 e. The van der Waals surface area contributed by atoms with Crippen LogP contribution in [0.5, 0.6) is 0 Å². The standard InChI is InChI=1S/C36H48O5/c1-5-6-7-8-28-9-11-29(12-10-28)30-13-15-31(16-14-30)32-17-19-33(20-18-32)34(21-23-40-35(38)26(2)3)22-24-41-36(39)27(4)25-37/h13-20,28-29,34,37H,2,4-12,21-25H2,1,3H3. The second-order valence-electron chi connectivity index (χ2n) is 11.5. The number of hydrogen-bond acceptors (Lipinski definition) is 5. The predicted octanol–water partition coefficient (Wildman–Crippen LogP) is 8.28. The molecule has 222 valence electrons. The summed E-state index contributed by atoms with van der Waals surface area (Å²) >= 11 is 0. The van der Waals surface area contributed by atoms with E-state index in [1.54, 1.807) is 6.92 Å². The Labute approximate surface area is 246 Å². The molecule has 5 heteroatoms. The van der Waals surface area contributed by atoms with Crippen molar-refractivity contribution in [2.45, 2.75) is 89.9 Å². The summed E-state index contributed by atoms with van der Waals surface area (Å²) in [6.07, 6.45) is 11.9. The lowest BCUT2D eigenvalue weighted by molar-refractivity contribution is -0.139. The van der Waals surface area contributed by atoms with Gasteiger partial charge in [-0.15, -0.1) is 0 Å². The molecule has 5 nitrogen and oxygen atoms in total. The van der Waals surface area contributed by atoms with Crippen molar-refractivity contribution in [2.24, 2.45) is 5.92 Å². The molecule has 1 fully saturated rings. The quantitative estimate of drug-likeness (QED) is 0.127. The number of rotatable bonds is 16. The molecule has 41 heavy (non-hydrogen) atoms. The number of esters is 2. The maximum atomic E-state index is 11.9. The van der Waals surface area contributed by atoms with E-state index in [2.05, 4.69) is 68.6 Å². The molecule has 0 radical (unpaired) electrons. The van der Waals surface area contributed by atoms with E-state index in [4.69, 9.17) is 14.6 Å². The van der Waals surface area contributed by atoms with Crippen LogP contribution in [0.2, 0.25) is 0 Å². The van der Waals surface area contributed by atoms with E-state index >= 15 is 0 Å². The predicted molar refractivity (Wildman–Crippen MR) is 166 cm³/mol. The van der Waals surface area contributed by atoms with E-state index in [9.17, 15) is 9.59 Å². The van der Waals surface area contributed by atoms with Gasteiger partial charge in [-0.25, -0.2) is 9.59 Å². The van der Waals surface area contributed by atoms with Crippen molar-refractivity contribution in [1.82, 2.24) is 0 Å². The van der Waals surface area contributed by atoms with Crippen LogP contribution in [0.1, 0.15) is 101 Å². The first kappa shape index (κ1) is 32.3. The summed E-state index contributed by atoms with van der Waals surface area (Å²) < 4.78 is 10.6. The van der Waals surface area contributed by atoms with E-state index in [-0.39, 0.29) is 24.7 Å². The number of aliphatic hydroxyl groups excluding tert-OH is 1. The van der Waals surface area contributed by atoms with E-state index < -0.39 is 18.5 Å². The Balaban J connectivity index is 1.60. The fraction of sp³-hybridized carbons (Fsp3) is 0.500. The second kappa shape index (κ2) is 16.9. The molecule has 1 saturated carbocycles. The molecular formula is C36H48O5. The molecule has 0 spiro atoms. The molecule has 1 unspecified atom stereocenters. The lowest BCUT2D eigenvalue weighted by Crippen LogP contribution is -2.14. The first-order chi connectivity index (χ1) is 19.8. The van der Waals surface area contributed by atoms with Gasteiger partial charge in [-0.2, -0.15) is 0 Å². The van der Waals surface area contributed by atoms with Gasteiger partial charge in [0.15, 0.2) is 0 Å². The third-order valence-corrected chi connectivity index (χ3v) is 8.39. The molecule has 0 aliphatic heterocycles. The van der Waals surface area contributed by atoms with Gasteiger partial charge in [0, 0.05) is 5.57 Å². The number of aliphatic hydroxyl groups is 1. The van der Waals surface area contributed by atoms with Crippen LogP contribution < -0.4 is 0 Å². The van der Waals surface area contributed by atoms with Crippen molar-refractivity contribution in [2.75, 3.05) is 19.8 Å². The minimum absolute atomic E-state index is 0.0247. The summed E-state index contributed by atoms with van der Waals surface area (Å²) in [5.74, 6) is 0.616. The van der Waals surface area contributed by atoms with Crippen LogP contribution in [-0.4, -0.2) is 36.9 Å². The maximum absolute atomic E-state index is 11.9. The van der Waals surface area contributed by atoms with Crippen LogP contribution >= 0.6 is 0 Å². The van der Waals surface area contributed by atoms with Crippen LogP contribution in [0.3, 0.4) is 0 Å². The van der Waals surface area contributed by atoms with Crippen molar-refractivity contribution in [3.8, 4) is 11.1 Å². The third kappa shape index (κ3) is 10.3. The highest BCUT2D eigenvalue weighted by molar-refractivity contribution is 5.88. The highest BCUT2D eigenvalue weighted by Gasteiger charge is 2.22. The molecule has 1 atom stereocenters. The summed E-state index contributed by atoms with van der Waals surface area (Å²) in [6.45, 7) is 11.0. The summed E-state index contributed by atoms with van der Waals surface area (Å²) in [4.78, 5) is 23.7. The lowest BCUT2D eigenvalue weighted by Gasteiger charge is -2.29. The van der Waals surface area contributed by atoms with Crippen LogP contribution in [0.15, 0.2) is 72.8 Å². The largest absolute Gasteiger partial charge is 0.462 e. The van der Waals surface area contributed by atoms with Crippen molar-refractivity contribution in [3.05, 3.63) is 84.0 Å². The van der Waals surface area contributed by atoms with Crippen LogP contribution in [-0.2, 0) is 19.1 Å². The zero-order valence-corrected chi connectivity index (χ0v) is 25.0. The average Bonchev–Trinajstić information content (AvgIpc) is 3.00. The number of unbranched alkanes of at least 4 members (excludes halogenated alkanes) is 2. The molecule has 0 amide bonds. The number of carbonyl (C=O) groups is 2. The van der Waals surface area contributed by atoms with Crippen molar-refractivity contribution < 1.29 is 24.2 Å². The van der Waals surface area contributed by atoms with Gasteiger partial charge in [0.25, 0.3) is 0 Å². The fourth-order valence-corrected chi connectivity index (χ4v) is 5.72. The lowest BCUT2D eigenvalue weighted by atomic mass is 9.77. The second-order valence-corrected chi connectivity index (χ2v) is 11.5. The van der Waals surface area contributed by atoms with Crippen LogP contribution in [0, 0.1) is 5.92 Å². The summed E-state index contributed by atoms with van der Waals surface area (Å²) in [7, 11) is 0. The highest BCUT2D eigenvalue weighted by Crippen LogP contribution is 2.38. The zero-order valence-electron chi connectivity index (χ0n) is 25.0. The molecule has 2 aromatic carbocycles. The molecule has 1 N–H and O–H groups in total. The molecule has 0 aromatic heterocycles. The Morgan fingerprint density at radius 1 is 0.854 bits per heavy atom. The Bertz CT molecular complexity index is 1120. The van der Waals surface area contributed by atoms with Gasteiger partial charge in [-0.3, -0.25) is 0 Å². The Morgan fingerprint density at radius 2 is 1.41 bits per heavy atom. The number of hydrogen-bond donors (Lipinski definition) is 1. The van der Waals surface area contributed by atoms with Gasteiger partial charge >= 0.3 is 11.9 Å². The zero-order chi connectivity index (χ0) is 29.6. The van der Waals surface area contributed by atoms with Crippen molar-refractivity contribution >= 4 is 11.9 Å². The molecule has 3 rings (SSSR count). The molecule has 0 saturated heterocycles. The van der Waals surface area contributed by atoms with Crippen LogP contribution in [0.25, 0.3) is 11.1 Å². The number of benzene rings is 2. The van der Waals surface area contributed by atoms with Crippen molar-refractivity contribution in [3.63, 3.8) is 0 Å². The molecule has 2 aromatic rings. The Morgan fingerprint density at radius 3 is 1.95 bits per heavy atom. The summed E-state index contributed by atoms with van der Waals surface area (Å²) in [5, 5.41) is 9.09. The van der Waals surface area contributed by atoms with E-state index in [1.165, 1.54) is 62.5 Å². The Kier molecular flexibility index (Phi) is 13.4. The Hall–Kier alpha value is -3.18. The average molecular weight is 561 g/mol. The normalized spacial score (nSPS) is 17.4. The molecule has 0 heterocycles. The van der Waals surface area contributed by atoms with Gasteiger partial charge in [0.05, 0.1) is 25.4 Å². The first-order valence-corrected chi connectivity index (χ1v) is 15.3. The molecule has 1 aliphatic carbocycles. The van der Waals surface area contributed by atoms with Gasteiger partial charge in [-0.1, -0.05) is 94.3 Å². The first-order valence-electron chi connectivity index (χ1n) is 15.3. The smallest absolute Gasteiger partial charge is 0.335 e. The highest BCUT2D eigenvalue weighted by atomic mass is 16.5. The maximum Gasteiger partial charge on any atom is 0.335 e. The molecule has 0 bridgehead atoms. The topological polar surface area (TPSA) is 72.8 Å².